The Morgan fingerprint density at radius 3 is 2.13 bits per heavy atom. The molecule has 0 aromatic heterocycles. The zero-order valence-corrected chi connectivity index (χ0v) is 39.2. The normalized spacial score (nSPS) is 15.4. The van der Waals surface area contributed by atoms with Crippen molar-refractivity contribution in [2.24, 2.45) is 0 Å². The second-order valence-corrected chi connectivity index (χ2v) is 16.5. The maximum absolute atomic E-state index is 14.5. The van der Waals surface area contributed by atoms with Crippen molar-refractivity contribution in [3.05, 3.63) is 87.7 Å². The number of unbranched alkanes of at least 4 members (excludes halogenated alkanes) is 2. The first-order chi connectivity index (χ1) is 30.2. The van der Waals surface area contributed by atoms with E-state index in [1.807, 2.05) is 56.3 Å². The van der Waals surface area contributed by atoms with Crippen molar-refractivity contribution >= 4 is 93.1 Å². The van der Waals surface area contributed by atoms with Gasteiger partial charge in [0.25, 0.3) is 17.7 Å². The zero-order chi connectivity index (χ0) is 46.2. The lowest BCUT2D eigenvalue weighted by Crippen LogP contribution is -2.47. The van der Waals surface area contributed by atoms with Gasteiger partial charge in [-0.25, -0.2) is 14.1 Å². The van der Waals surface area contributed by atoms with Crippen molar-refractivity contribution in [3.63, 3.8) is 0 Å². The van der Waals surface area contributed by atoms with Gasteiger partial charge in [-0.2, -0.15) is 0 Å². The van der Waals surface area contributed by atoms with E-state index in [2.05, 4.69) is 13.8 Å². The van der Waals surface area contributed by atoms with Crippen LogP contribution in [-0.4, -0.2) is 80.0 Å². The summed E-state index contributed by atoms with van der Waals surface area (Å²) in [7, 11) is 1.58. The van der Waals surface area contributed by atoms with E-state index in [-0.39, 0.29) is 46.9 Å². The lowest BCUT2D eigenvalue weighted by atomic mass is 9.93. The number of alkyl halides is 3. The van der Waals surface area contributed by atoms with Crippen LogP contribution < -0.4 is 24.2 Å². The molecule has 63 heavy (non-hydrogen) atoms. The molecule has 342 valence electrons. The number of carbonyl (C=O) groups is 5. The standard InChI is InChI=1S/C21H23ClFNO5.C14H20ClNO2.C11H11Cl2NO2/c1-2-3-6-9-28-19(25)12-29-18-11-17(16(23)10-15(18)22)24-20(26)13-7-4-5-8-14(13)21(24)27;1-4-11-7-6-8-12(5-2)14(11)16(10-18-3)13(17)9-15;1-7-6-16-9-5-3-2-4-8(9)14(7)11(15)10(12)13/h10-11H,2-9,12H2,1H3;6-8H,4-5,9-10H2,1-3H3;2-5,7,10H,6H2,1H3. The minimum Gasteiger partial charge on any atom is -0.489 e. The van der Waals surface area contributed by atoms with Crippen molar-refractivity contribution in [1.82, 2.24) is 0 Å². The topological polar surface area (TPSA) is 132 Å². The predicted octanol–water partition coefficient (Wildman–Crippen LogP) is 9.93. The van der Waals surface area contributed by atoms with Crippen LogP contribution in [0, 0.1) is 5.82 Å². The lowest BCUT2D eigenvalue weighted by Gasteiger charge is -2.35. The first-order valence-corrected chi connectivity index (χ1v) is 22.7. The quantitative estimate of drug-likeness (QED) is 0.0480. The fraction of sp³-hybridized carbons (Fsp3) is 0.457. The Bertz CT molecular complexity index is 2090. The highest BCUT2D eigenvalue weighted by Gasteiger charge is 2.41. The van der Waals surface area contributed by atoms with Gasteiger partial charge in [0.2, 0.25) is 5.91 Å². The number of imide groups is 1. The number of ether oxygens (including phenoxy) is 4. The molecule has 1 aliphatic carbocycles. The molecule has 1 unspecified atom stereocenters. The Labute approximate surface area is 388 Å². The number of esters is 1. The summed E-state index contributed by atoms with van der Waals surface area (Å²) in [5.41, 5.74) is 4.63. The Kier molecular flexibility index (Phi) is 20.5. The lowest BCUT2D eigenvalue weighted by molar-refractivity contribution is -0.146. The number of aryl methyl sites for hydroxylation is 2. The van der Waals surface area contributed by atoms with Gasteiger partial charge in [0.05, 0.1) is 34.7 Å². The van der Waals surface area contributed by atoms with Crippen LogP contribution in [-0.2, 0) is 46.3 Å². The second kappa shape index (κ2) is 25.2. The summed E-state index contributed by atoms with van der Waals surface area (Å²) in [5, 5.41) is -0.0677. The van der Waals surface area contributed by atoms with Gasteiger partial charge in [0.1, 0.15) is 36.5 Å². The zero-order valence-electron chi connectivity index (χ0n) is 36.2. The molecule has 2 aliphatic heterocycles. The highest BCUT2D eigenvalue weighted by Crippen LogP contribution is 2.40. The molecule has 0 saturated carbocycles. The second-order valence-electron chi connectivity index (χ2n) is 14.7. The summed E-state index contributed by atoms with van der Waals surface area (Å²) >= 11 is 22.9. The van der Waals surface area contributed by atoms with E-state index < -0.39 is 35.0 Å². The third-order valence-electron chi connectivity index (χ3n) is 10.4. The molecule has 0 radical (unpaired) electrons. The molecule has 0 fully saturated rings. The van der Waals surface area contributed by atoms with Crippen LogP contribution in [0.4, 0.5) is 21.5 Å². The summed E-state index contributed by atoms with van der Waals surface area (Å²) in [6.45, 7) is 8.66. The van der Waals surface area contributed by atoms with Gasteiger partial charge >= 0.3 is 5.97 Å². The van der Waals surface area contributed by atoms with E-state index in [1.165, 1.54) is 6.07 Å². The molecule has 12 nitrogen and oxygen atoms in total. The van der Waals surface area contributed by atoms with Gasteiger partial charge < -0.3 is 23.8 Å². The molecule has 17 heteroatoms. The molecular formula is C46H54Cl4FN3O9. The number of hydrogen-bond acceptors (Lipinski definition) is 9. The molecule has 0 spiro atoms. The molecule has 0 bridgehead atoms. The molecule has 4 amide bonds. The number of para-hydroxylation sites is 3. The predicted molar refractivity (Wildman–Crippen MR) is 245 cm³/mol. The molecule has 0 saturated heterocycles. The minimum absolute atomic E-state index is 0.000883. The summed E-state index contributed by atoms with van der Waals surface area (Å²) < 4.78 is 35.6. The maximum atomic E-state index is 14.5. The molecule has 3 aromatic rings. The fourth-order valence-electron chi connectivity index (χ4n) is 7.24. The van der Waals surface area contributed by atoms with E-state index >= 15 is 0 Å². The number of fused-ring (bicyclic) bond motifs is 1. The summed E-state index contributed by atoms with van der Waals surface area (Å²) in [6.07, 6.45) is 7.15. The Balaban J connectivity index is 0.000000221. The van der Waals surface area contributed by atoms with Gasteiger partial charge in [-0.05, 0) is 81.2 Å². The number of rotatable bonds is 15. The number of anilines is 3. The van der Waals surface area contributed by atoms with Crippen LogP contribution in [0.5, 0.6) is 11.5 Å². The maximum Gasteiger partial charge on any atom is 0.344 e. The van der Waals surface area contributed by atoms with Crippen LogP contribution in [0.3, 0.4) is 0 Å². The van der Waals surface area contributed by atoms with Gasteiger partial charge in [-0.15, -0.1) is 11.6 Å². The number of amides is 4. The largest absolute Gasteiger partial charge is 0.489 e. The monoisotopic (exact) mass is 951 g/mol. The smallest absolute Gasteiger partial charge is 0.344 e. The van der Waals surface area contributed by atoms with Gasteiger partial charge in [0, 0.05) is 24.3 Å². The fourth-order valence-corrected chi connectivity index (χ4v) is 7.80. The van der Waals surface area contributed by atoms with Crippen molar-refractivity contribution in [2.75, 3.05) is 54.2 Å². The molecule has 6 rings (SSSR count). The molecule has 3 aromatic carbocycles. The van der Waals surface area contributed by atoms with E-state index in [9.17, 15) is 28.4 Å². The Morgan fingerprint density at radius 2 is 1.56 bits per heavy atom. The van der Waals surface area contributed by atoms with Crippen LogP contribution in [0.15, 0.2) is 65.7 Å². The van der Waals surface area contributed by atoms with E-state index in [4.69, 9.17) is 65.4 Å². The number of benzene rings is 3. The summed E-state index contributed by atoms with van der Waals surface area (Å²) in [6, 6.07) is 15.5. The van der Waals surface area contributed by atoms with Gasteiger partial charge in [-0.3, -0.25) is 24.1 Å². The van der Waals surface area contributed by atoms with E-state index in [0.29, 0.717) is 43.0 Å². The first kappa shape index (κ1) is 51.2. The average molecular weight is 954 g/mol. The number of carbonyl (C=O) groups excluding carboxylic acids is 5. The third kappa shape index (κ3) is 13.1. The molecule has 1 atom stereocenters. The number of methoxy groups -OCH3 is 1. The van der Waals surface area contributed by atoms with Crippen molar-refractivity contribution in [1.29, 1.82) is 0 Å². The molecule has 2 heterocycles. The minimum atomic E-state index is -1.05. The third-order valence-corrected chi connectivity index (χ3v) is 11.3. The van der Waals surface area contributed by atoms with Crippen LogP contribution in [0.2, 0.25) is 5.02 Å². The highest BCUT2D eigenvalue weighted by atomic mass is 35.5. The Hall–Kier alpha value is -4.40. The van der Waals surface area contributed by atoms with Gasteiger partial charge in [-0.1, -0.05) is 98.7 Å². The van der Waals surface area contributed by atoms with E-state index in [0.717, 1.165) is 78.4 Å². The molecular weight excluding hydrogens is 899 g/mol. The summed E-state index contributed by atoms with van der Waals surface area (Å²) in [4.78, 5) is 64.0. The van der Waals surface area contributed by atoms with Crippen molar-refractivity contribution in [3.8, 4) is 11.5 Å². The van der Waals surface area contributed by atoms with E-state index in [1.54, 1.807) is 16.9 Å². The highest BCUT2D eigenvalue weighted by molar-refractivity contribution is 6.54. The number of hydrogen-bond donors (Lipinski definition) is 0. The van der Waals surface area contributed by atoms with Crippen molar-refractivity contribution in [2.45, 2.75) is 96.4 Å². The SMILES string of the molecule is CC1COc2ccccc2N1C(=O)C(Cl)Cl.CCCCCOC(=O)COc1cc(N2C(=O)C3=C(CCCC3)C2=O)c(F)cc1Cl.CCc1cccc(CC)c1N(COC)C(=O)CCl. The van der Waals surface area contributed by atoms with Crippen LogP contribution in [0.25, 0.3) is 0 Å². The summed E-state index contributed by atoms with van der Waals surface area (Å²) in [5.74, 6) is -2.20. The molecule has 0 N–H and O–H groups in total. The van der Waals surface area contributed by atoms with Crippen LogP contribution >= 0.6 is 46.4 Å². The molecule has 3 aliphatic rings. The van der Waals surface area contributed by atoms with Crippen LogP contribution in [0.1, 0.15) is 83.8 Å². The first-order valence-electron chi connectivity index (χ1n) is 20.9. The number of nitrogens with zero attached hydrogens (tertiary/aromatic N) is 3. The van der Waals surface area contributed by atoms with Crippen molar-refractivity contribution < 1.29 is 47.3 Å². The number of halogens is 5. The Morgan fingerprint density at radius 1 is 0.921 bits per heavy atom. The van der Waals surface area contributed by atoms with Gasteiger partial charge in [0.15, 0.2) is 11.4 Å². The average Bonchev–Trinajstić information content (AvgIpc) is 3.54.